The number of nitrogens with zero attached hydrogens (tertiary/aromatic N) is 1. The van der Waals surface area contributed by atoms with Crippen LogP contribution in [0.5, 0.6) is 0 Å². The first-order valence-electron chi connectivity index (χ1n) is 10.6. The molecule has 0 spiro atoms. The SMILES string of the molecule is CCCOC1CCC(N2CCC(Nc3cc(Br)c(C(F)(F)F)cc3N)CC2)CC1. The van der Waals surface area contributed by atoms with Crippen LogP contribution in [0, 0.1) is 0 Å². The maximum atomic E-state index is 13.0. The van der Waals surface area contributed by atoms with Gasteiger partial charge in [0, 0.05) is 36.3 Å². The minimum Gasteiger partial charge on any atom is -0.397 e. The maximum absolute atomic E-state index is 13.0. The monoisotopic (exact) mass is 477 g/mol. The summed E-state index contributed by atoms with van der Waals surface area (Å²) in [5.74, 6) is 0. The Balaban J connectivity index is 1.49. The number of ether oxygens (including phenoxy) is 1. The fraction of sp³-hybridized carbons (Fsp3) is 0.714. The number of benzene rings is 1. The summed E-state index contributed by atoms with van der Waals surface area (Å²) in [6.45, 7) is 5.01. The number of nitrogens with two attached hydrogens (primary N) is 1. The van der Waals surface area contributed by atoms with Crippen LogP contribution in [0.2, 0.25) is 0 Å². The molecule has 0 atom stereocenters. The van der Waals surface area contributed by atoms with Crippen molar-refractivity contribution in [3.63, 3.8) is 0 Å². The Morgan fingerprint density at radius 3 is 2.38 bits per heavy atom. The van der Waals surface area contributed by atoms with E-state index in [1.165, 1.54) is 18.9 Å². The van der Waals surface area contributed by atoms with Gasteiger partial charge in [0.2, 0.25) is 0 Å². The van der Waals surface area contributed by atoms with Gasteiger partial charge in [0.05, 0.1) is 23.0 Å². The van der Waals surface area contributed by atoms with E-state index in [1.54, 1.807) is 0 Å². The Morgan fingerprint density at radius 2 is 1.79 bits per heavy atom. The molecule has 1 aliphatic heterocycles. The molecule has 1 saturated carbocycles. The first-order chi connectivity index (χ1) is 13.8. The molecule has 0 unspecified atom stereocenters. The van der Waals surface area contributed by atoms with Gasteiger partial charge in [-0.25, -0.2) is 0 Å². The van der Waals surface area contributed by atoms with Gasteiger partial charge in [-0.2, -0.15) is 13.2 Å². The van der Waals surface area contributed by atoms with E-state index in [4.69, 9.17) is 10.5 Å². The Labute approximate surface area is 179 Å². The van der Waals surface area contributed by atoms with Crippen molar-refractivity contribution in [3.05, 3.63) is 22.2 Å². The zero-order chi connectivity index (χ0) is 21.0. The van der Waals surface area contributed by atoms with E-state index in [-0.39, 0.29) is 16.2 Å². The molecular formula is C21H31BrF3N3O. The molecule has 1 aromatic carbocycles. The fourth-order valence-electron chi connectivity index (χ4n) is 4.42. The third kappa shape index (κ3) is 6.01. The second kappa shape index (κ2) is 9.88. The lowest BCUT2D eigenvalue weighted by Crippen LogP contribution is -2.46. The summed E-state index contributed by atoms with van der Waals surface area (Å²) in [4.78, 5) is 2.57. The van der Waals surface area contributed by atoms with Crippen molar-refractivity contribution in [1.82, 2.24) is 4.90 Å². The average molecular weight is 478 g/mol. The number of anilines is 2. The van der Waals surface area contributed by atoms with Crippen LogP contribution in [-0.2, 0) is 10.9 Å². The second-order valence-electron chi connectivity index (χ2n) is 8.17. The number of nitrogens with one attached hydrogen (secondary N) is 1. The molecule has 4 nitrogen and oxygen atoms in total. The molecule has 1 aliphatic carbocycles. The van der Waals surface area contributed by atoms with Crippen molar-refractivity contribution in [2.24, 2.45) is 0 Å². The molecular weight excluding hydrogens is 447 g/mol. The van der Waals surface area contributed by atoms with E-state index < -0.39 is 11.7 Å². The van der Waals surface area contributed by atoms with Gasteiger partial charge in [-0.3, -0.25) is 0 Å². The molecule has 1 heterocycles. The number of alkyl halides is 3. The van der Waals surface area contributed by atoms with E-state index in [1.807, 2.05) is 0 Å². The van der Waals surface area contributed by atoms with Gasteiger partial charge in [-0.05, 0) is 57.1 Å². The number of likely N-dealkylation sites (tertiary alicyclic amines) is 1. The summed E-state index contributed by atoms with van der Waals surface area (Å²) in [6.07, 6.45) is 3.65. The molecule has 1 saturated heterocycles. The van der Waals surface area contributed by atoms with Gasteiger partial charge in [-0.1, -0.05) is 22.9 Å². The third-order valence-electron chi connectivity index (χ3n) is 6.05. The normalized spacial score (nSPS) is 24.6. The summed E-state index contributed by atoms with van der Waals surface area (Å²) >= 11 is 3.03. The van der Waals surface area contributed by atoms with E-state index >= 15 is 0 Å². The quantitative estimate of drug-likeness (QED) is 0.518. The molecule has 0 amide bonds. The molecule has 2 fully saturated rings. The summed E-state index contributed by atoms with van der Waals surface area (Å²) in [6, 6.07) is 3.30. The van der Waals surface area contributed by atoms with Crippen molar-refractivity contribution in [1.29, 1.82) is 0 Å². The predicted molar refractivity (Wildman–Crippen MR) is 114 cm³/mol. The lowest BCUT2D eigenvalue weighted by Gasteiger charge is -2.41. The van der Waals surface area contributed by atoms with Crippen molar-refractivity contribution < 1.29 is 17.9 Å². The molecule has 0 bridgehead atoms. The fourth-order valence-corrected chi connectivity index (χ4v) is 4.99. The molecule has 0 aromatic heterocycles. The van der Waals surface area contributed by atoms with Crippen LogP contribution in [-0.4, -0.2) is 42.8 Å². The molecule has 164 valence electrons. The number of piperidine rings is 1. The van der Waals surface area contributed by atoms with Gasteiger partial charge >= 0.3 is 6.18 Å². The highest BCUT2D eigenvalue weighted by atomic mass is 79.9. The molecule has 1 aromatic rings. The van der Waals surface area contributed by atoms with E-state index in [9.17, 15) is 13.2 Å². The standard InChI is InChI=1S/C21H31BrF3N3O/c1-2-11-29-16-5-3-15(4-6-16)28-9-7-14(8-10-28)27-20-13-18(22)17(12-19(20)26)21(23,24)25/h12-16,27H,2-11,26H2,1H3. The molecule has 8 heteroatoms. The summed E-state index contributed by atoms with van der Waals surface area (Å²) in [5.41, 5.74) is 5.85. The Morgan fingerprint density at radius 1 is 1.14 bits per heavy atom. The van der Waals surface area contributed by atoms with Gasteiger partial charge in [-0.15, -0.1) is 0 Å². The smallest absolute Gasteiger partial charge is 0.397 e. The average Bonchev–Trinajstić information content (AvgIpc) is 2.69. The summed E-state index contributed by atoms with van der Waals surface area (Å²) in [5, 5.41) is 3.35. The Kier molecular flexibility index (Phi) is 7.73. The Hall–Kier alpha value is -0.990. The van der Waals surface area contributed by atoms with Gasteiger partial charge in [0.25, 0.3) is 0 Å². The maximum Gasteiger partial charge on any atom is 0.417 e. The highest BCUT2D eigenvalue weighted by Gasteiger charge is 2.34. The predicted octanol–water partition coefficient (Wildman–Crippen LogP) is 5.66. The third-order valence-corrected chi connectivity index (χ3v) is 6.71. The van der Waals surface area contributed by atoms with Gasteiger partial charge < -0.3 is 20.7 Å². The molecule has 0 radical (unpaired) electrons. The van der Waals surface area contributed by atoms with Crippen LogP contribution in [0.1, 0.15) is 57.4 Å². The summed E-state index contributed by atoms with van der Waals surface area (Å²) in [7, 11) is 0. The number of rotatable bonds is 6. The van der Waals surface area contributed by atoms with E-state index in [0.29, 0.717) is 17.8 Å². The van der Waals surface area contributed by atoms with Crippen LogP contribution < -0.4 is 11.1 Å². The first-order valence-corrected chi connectivity index (χ1v) is 11.4. The molecule has 29 heavy (non-hydrogen) atoms. The zero-order valence-corrected chi connectivity index (χ0v) is 18.5. The highest BCUT2D eigenvalue weighted by Crippen LogP contribution is 2.39. The van der Waals surface area contributed by atoms with E-state index in [0.717, 1.165) is 57.9 Å². The van der Waals surface area contributed by atoms with Crippen molar-refractivity contribution in [3.8, 4) is 0 Å². The molecule has 3 rings (SSSR count). The number of hydrogen-bond donors (Lipinski definition) is 2. The van der Waals surface area contributed by atoms with Gasteiger partial charge in [0.15, 0.2) is 0 Å². The van der Waals surface area contributed by atoms with E-state index in [2.05, 4.69) is 33.1 Å². The Bertz CT molecular complexity index is 670. The molecule has 2 aliphatic rings. The van der Waals surface area contributed by atoms with Crippen LogP contribution in [0.4, 0.5) is 24.5 Å². The number of halogens is 4. The minimum absolute atomic E-state index is 0.0150. The summed E-state index contributed by atoms with van der Waals surface area (Å²) < 4.78 is 44.9. The van der Waals surface area contributed by atoms with Crippen LogP contribution in [0.15, 0.2) is 16.6 Å². The number of hydrogen-bond acceptors (Lipinski definition) is 4. The largest absolute Gasteiger partial charge is 0.417 e. The topological polar surface area (TPSA) is 50.5 Å². The van der Waals surface area contributed by atoms with Gasteiger partial charge in [0.1, 0.15) is 0 Å². The zero-order valence-electron chi connectivity index (χ0n) is 16.9. The van der Waals surface area contributed by atoms with Crippen molar-refractivity contribution >= 4 is 27.3 Å². The number of nitrogen functional groups attached to an aromatic ring is 1. The van der Waals surface area contributed by atoms with Crippen LogP contribution in [0.25, 0.3) is 0 Å². The first kappa shape index (κ1) is 22.7. The van der Waals surface area contributed by atoms with Crippen molar-refractivity contribution in [2.75, 3.05) is 30.7 Å². The molecule has 3 N–H and O–H groups in total. The lowest BCUT2D eigenvalue weighted by atomic mass is 9.90. The van der Waals surface area contributed by atoms with Crippen LogP contribution >= 0.6 is 15.9 Å². The second-order valence-corrected chi connectivity index (χ2v) is 9.03. The van der Waals surface area contributed by atoms with Crippen LogP contribution in [0.3, 0.4) is 0 Å². The highest BCUT2D eigenvalue weighted by molar-refractivity contribution is 9.10. The lowest BCUT2D eigenvalue weighted by molar-refractivity contribution is -0.138. The van der Waals surface area contributed by atoms with Crippen molar-refractivity contribution in [2.45, 2.75) is 76.2 Å². The minimum atomic E-state index is -4.42.